The van der Waals surface area contributed by atoms with Crippen molar-refractivity contribution in [2.75, 3.05) is 20.2 Å². The molecule has 0 bridgehead atoms. The van der Waals surface area contributed by atoms with E-state index in [2.05, 4.69) is 17.1 Å². The Morgan fingerprint density at radius 2 is 1.93 bits per heavy atom. The average Bonchev–Trinajstić information content (AvgIpc) is 2.70. The SMILES string of the molecule is COC(C)(C)C(=O)N1CCC[C@H](c2ccc(Cc3ccc(F)cc3)cn2)C1. The molecule has 1 fully saturated rings. The van der Waals surface area contributed by atoms with Crippen LogP contribution in [0.2, 0.25) is 0 Å². The number of amides is 1. The maximum absolute atomic E-state index is 13.0. The predicted octanol–water partition coefficient (Wildman–Crippen LogP) is 3.94. The van der Waals surface area contributed by atoms with Crippen molar-refractivity contribution in [2.45, 2.75) is 44.6 Å². The summed E-state index contributed by atoms with van der Waals surface area (Å²) in [4.78, 5) is 19.2. The number of benzene rings is 1. The van der Waals surface area contributed by atoms with Crippen molar-refractivity contribution in [1.29, 1.82) is 0 Å². The van der Waals surface area contributed by atoms with Crippen LogP contribution in [-0.4, -0.2) is 41.6 Å². The third-order valence-electron chi connectivity index (χ3n) is 5.32. The standard InChI is InChI=1S/C22H27FN2O2/c1-22(2,27-3)21(26)25-12-4-5-18(15-25)20-11-8-17(14-24-20)13-16-6-9-19(23)10-7-16/h6-11,14,18H,4-5,12-13,15H2,1-3H3/t18-/m0/s1. The number of likely N-dealkylation sites (tertiary alicyclic amines) is 1. The molecule has 4 nitrogen and oxygen atoms in total. The van der Waals surface area contributed by atoms with Gasteiger partial charge < -0.3 is 9.64 Å². The van der Waals surface area contributed by atoms with Gasteiger partial charge in [0, 0.05) is 38.0 Å². The fraction of sp³-hybridized carbons (Fsp3) is 0.455. The van der Waals surface area contributed by atoms with Gasteiger partial charge in [-0.05, 0) is 62.4 Å². The first-order valence-corrected chi connectivity index (χ1v) is 9.43. The summed E-state index contributed by atoms with van der Waals surface area (Å²) in [6.07, 6.45) is 4.61. The number of carbonyl (C=O) groups excluding carboxylic acids is 1. The third kappa shape index (κ3) is 4.72. The lowest BCUT2D eigenvalue weighted by Gasteiger charge is -2.36. The Labute approximate surface area is 160 Å². The first-order valence-electron chi connectivity index (χ1n) is 9.43. The molecule has 1 aromatic heterocycles. The minimum absolute atomic E-state index is 0.0302. The number of hydrogen-bond donors (Lipinski definition) is 0. The van der Waals surface area contributed by atoms with Gasteiger partial charge in [-0.1, -0.05) is 18.2 Å². The number of carbonyl (C=O) groups is 1. The molecule has 2 heterocycles. The molecule has 5 heteroatoms. The van der Waals surface area contributed by atoms with Gasteiger partial charge in [-0.15, -0.1) is 0 Å². The number of rotatable bonds is 5. The second-order valence-corrected chi connectivity index (χ2v) is 7.70. The molecule has 0 aliphatic carbocycles. The van der Waals surface area contributed by atoms with Crippen LogP contribution in [0.4, 0.5) is 4.39 Å². The molecule has 0 saturated carbocycles. The zero-order chi connectivity index (χ0) is 19.4. The highest BCUT2D eigenvalue weighted by molar-refractivity contribution is 5.84. The van der Waals surface area contributed by atoms with E-state index in [1.807, 2.05) is 11.1 Å². The Kier molecular flexibility index (Phi) is 5.90. The maximum atomic E-state index is 13.0. The maximum Gasteiger partial charge on any atom is 0.254 e. The number of ether oxygens (including phenoxy) is 1. The van der Waals surface area contributed by atoms with E-state index >= 15 is 0 Å². The normalized spacial score (nSPS) is 17.8. The monoisotopic (exact) mass is 370 g/mol. The average molecular weight is 370 g/mol. The number of aromatic nitrogens is 1. The number of hydrogen-bond acceptors (Lipinski definition) is 3. The molecule has 2 aromatic rings. The molecule has 1 aliphatic heterocycles. The Morgan fingerprint density at radius 1 is 1.22 bits per heavy atom. The molecule has 27 heavy (non-hydrogen) atoms. The van der Waals surface area contributed by atoms with Gasteiger partial charge in [0.2, 0.25) is 0 Å². The topological polar surface area (TPSA) is 42.4 Å². The smallest absolute Gasteiger partial charge is 0.254 e. The molecule has 144 valence electrons. The molecular weight excluding hydrogens is 343 g/mol. The lowest BCUT2D eigenvalue weighted by Crippen LogP contribution is -2.49. The largest absolute Gasteiger partial charge is 0.369 e. The van der Waals surface area contributed by atoms with E-state index < -0.39 is 5.60 Å². The Morgan fingerprint density at radius 3 is 2.56 bits per heavy atom. The first kappa shape index (κ1) is 19.5. The second-order valence-electron chi connectivity index (χ2n) is 7.70. The van der Waals surface area contributed by atoms with E-state index in [1.165, 1.54) is 12.1 Å². The molecule has 1 amide bonds. The number of methoxy groups -OCH3 is 1. The van der Waals surface area contributed by atoms with E-state index in [9.17, 15) is 9.18 Å². The number of piperidine rings is 1. The van der Waals surface area contributed by atoms with Gasteiger partial charge in [-0.2, -0.15) is 0 Å². The Bertz CT molecular complexity index is 772. The van der Waals surface area contributed by atoms with Gasteiger partial charge in [0.1, 0.15) is 11.4 Å². The summed E-state index contributed by atoms with van der Waals surface area (Å²) in [6, 6.07) is 10.7. The quantitative estimate of drug-likeness (QED) is 0.801. The fourth-order valence-electron chi connectivity index (χ4n) is 3.49. The van der Waals surface area contributed by atoms with Gasteiger partial charge in [-0.25, -0.2) is 4.39 Å². The van der Waals surface area contributed by atoms with Gasteiger partial charge in [0.25, 0.3) is 5.91 Å². The second kappa shape index (κ2) is 8.17. The van der Waals surface area contributed by atoms with Crippen LogP contribution >= 0.6 is 0 Å². The van der Waals surface area contributed by atoms with Crippen molar-refractivity contribution >= 4 is 5.91 Å². The van der Waals surface area contributed by atoms with Gasteiger partial charge >= 0.3 is 0 Å². The molecular formula is C22H27FN2O2. The minimum Gasteiger partial charge on any atom is -0.369 e. The molecule has 0 unspecified atom stereocenters. The summed E-state index contributed by atoms with van der Waals surface area (Å²) < 4.78 is 18.4. The number of nitrogens with zero attached hydrogens (tertiary/aromatic N) is 2. The minimum atomic E-state index is -0.797. The van der Waals surface area contributed by atoms with Gasteiger partial charge in [0.05, 0.1) is 0 Å². The molecule has 0 radical (unpaired) electrons. The highest BCUT2D eigenvalue weighted by Crippen LogP contribution is 2.28. The van der Waals surface area contributed by atoms with Crippen LogP contribution in [-0.2, 0) is 16.0 Å². The predicted molar refractivity (Wildman–Crippen MR) is 103 cm³/mol. The molecule has 3 rings (SSSR count). The van der Waals surface area contributed by atoms with E-state index in [0.717, 1.165) is 42.6 Å². The van der Waals surface area contributed by atoms with Crippen LogP contribution in [0.5, 0.6) is 0 Å². The summed E-state index contributed by atoms with van der Waals surface area (Å²) in [5.74, 6) is 0.0538. The molecule has 0 spiro atoms. The Balaban J connectivity index is 1.65. The van der Waals surface area contributed by atoms with Crippen LogP contribution in [0, 0.1) is 5.82 Å². The number of halogens is 1. The summed E-state index contributed by atoms with van der Waals surface area (Å²) in [5.41, 5.74) is 2.37. The van der Waals surface area contributed by atoms with E-state index in [-0.39, 0.29) is 17.6 Å². The Hall–Kier alpha value is -2.27. The third-order valence-corrected chi connectivity index (χ3v) is 5.32. The zero-order valence-corrected chi connectivity index (χ0v) is 16.2. The van der Waals surface area contributed by atoms with E-state index in [0.29, 0.717) is 6.54 Å². The van der Waals surface area contributed by atoms with Crippen LogP contribution in [0.25, 0.3) is 0 Å². The van der Waals surface area contributed by atoms with Crippen molar-refractivity contribution in [3.05, 3.63) is 65.2 Å². The molecule has 1 atom stereocenters. The summed E-state index contributed by atoms with van der Waals surface area (Å²) in [7, 11) is 1.57. The lowest BCUT2D eigenvalue weighted by molar-refractivity contribution is -0.152. The molecule has 1 aromatic carbocycles. The van der Waals surface area contributed by atoms with Crippen LogP contribution in [0.1, 0.15) is 49.4 Å². The highest BCUT2D eigenvalue weighted by Gasteiger charge is 2.35. The summed E-state index contributed by atoms with van der Waals surface area (Å²) >= 11 is 0. The highest BCUT2D eigenvalue weighted by atomic mass is 19.1. The molecule has 0 N–H and O–H groups in total. The fourth-order valence-corrected chi connectivity index (χ4v) is 3.49. The van der Waals surface area contributed by atoms with Crippen molar-refractivity contribution in [3.8, 4) is 0 Å². The van der Waals surface area contributed by atoms with E-state index in [1.54, 1.807) is 33.1 Å². The van der Waals surface area contributed by atoms with E-state index in [4.69, 9.17) is 4.74 Å². The van der Waals surface area contributed by atoms with Crippen LogP contribution < -0.4 is 0 Å². The van der Waals surface area contributed by atoms with Gasteiger partial charge in [0.15, 0.2) is 0 Å². The lowest BCUT2D eigenvalue weighted by atomic mass is 9.92. The summed E-state index contributed by atoms with van der Waals surface area (Å²) in [6.45, 7) is 5.06. The van der Waals surface area contributed by atoms with Crippen LogP contribution in [0.15, 0.2) is 42.6 Å². The molecule has 1 aliphatic rings. The first-order chi connectivity index (χ1) is 12.9. The van der Waals surface area contributed by atoms with Crippen LogP contribution in [0.3, 0.4) is 0 Å². The summed E-state index contributed by atoms with van der Waals surface area (Å²) in [5, 5.41) is 0. The van der Waals surface area contributed by atoms with Crippen molar-refractivity contribution in [2.24, 2.45) is 0 Å². The van der Waals surface area contributed by atoms with Crippen molar-refractivity contribution in [1.82, 2.24) is 9.88 Å². The van der Waals surface area contributed by atoms with Gasteiger partial charge in [-0.3, -0.25) is 9.78 Å². The zero-order valence-electron chi connectivity index (χ0n) is 16.2. The van der Waals surface area contributed by atoms with Crippen molar-refractivity contribution in [3.63, 3.8) is 0 Å². The van der Waals surface area contributed by atoms with Crippen molar-refractivity contribution < 1.29 is 13.9 Å². The number of pyridine rings is 1. The molecule has 1 saturated heterocycles.